The highest BCUT2D eigenvalue weighted by molar-refractivity contribution is 7.09. The van der Waals surface area contributed by atoms with Gasteiger partial charge in [-0.3, -0.25) is 9.69 Å². The highest BCUT2D eigenvalue weighted by Crippen LogP contribution is 2.15. The van der Waals surface area contributed by atoms with E-state index in [9.17, 15) is 4.79 Å². The van der Waals surface area contributed by atoms with Gasteiger partial charge in [-0.15, -0.1) is 11.3 Å². The number of thiophene rings is 1. The lowest BCUT2D eigenvalue weighted by Crippen LogP contribution is -2.47. The number of piperidine rings is 1. The Morgan fingerprint density at radius 1 is 1.21 bits per heavy atom. The molecule has 0 unspecified atom stereocenters. The molecule has 0 spiro atoms. The number of carbonyl (C=O) groups excluding carboxylic acids is 1. The van der Waals surface area contributed by atoms with Gasteiger partial charge in [0, 0.05) is 30.4 Å². The molecule has 128 valence electrons. The molecule has 24 heavy (non-hydrogen) atoms. The Morgan fingerprint density at radius 3 is 2.88 bits per heavy atom. The van der Waals surface area contributed by atoms with Crippen molar-refractivity contribution in [2.75, 3.05) is 13.1 Å². The number of carbonyl (C=O) groups is 1. The van der Waals surface area contributed by atoms with Crippen LogP contribution in [0.5, 0.6) is 0 Å². The average Bonchev–Trinajstić information content (AvgIpc) is 3.09. The minimum absolute atomic E-state index is 0.207. The minimum atomic E-state index is 0.207. The van der Waals surface area contributed by atoms with Gasteiger partial charge >= 0.3 is 0 Å². The lowest BCUT2D eigenvalue weighted by molar-refractivity contribution is -0.122. The van der Waals surface area contributed by atoms with Crippen LogP contribution in [0.3, 0.4) is 0 Å². The van der Waals surface area contributed by atoms with Crippen molar-refractivity contribution in [1.82, 2.24) is 10.2 Å². The van der Waals surface area contributed by atoms with Crippen LogP contribution < -0.4 is 5.32 Å². The van der Waals surface area contributed by atoms with Gasteiger partial charge in [0.1, 0.15) is 0 Å². The second-order valence-corrected chi connectivity index (χ2v) is 7.59. The van der Waals surface area contributed by atoms with Crippen LogP contribution >= 0.6 is 11.3 Å². The van der Waals surface area contributed by atoms with Gasteiger partial charge < -0.3 is 5.32 Å². The fourth-order valence-corrected chi connectivity index (χ4v) is 4.09. The van der Waals surface area contributed by atoms with Crippen LogP contribution in [-0.4, -0.2) is 29.9 Å². The molecule has 0 bridgehead atoms. The summed E-state index contributed by atoms with van der Waals surface area (Å²) in [5, 5.41) is 5.33. The van der Waals surface area contributed by atoms with Crippen molar-refractivity contribution in [1.29, 1.82) is 0 Å². The molecular formula is C20H26N2OS. The molecule has 1 amide bonds. The van der Waals surface area contributed by atoms with Crippen molar-refractivity contribution in [3.05, 3.63) is 58.3 Å². The number of nitrogens with one attached hydrogen (secondary N) is 1. The van der Waals surface area contributed by atoms with Gasteiger partial charge in [0.25, 0.3) is 0 Å². The summed E-state index contributed by atoms with van der Waals surface area (Å²) >= 11 is 1.77. The van der Waals surface area contributed by atoms with E-state index in [2.05, 4.69) is 58.1 Å². The Bertz CT molecular complexity index is 612. The van der Waals surface area contributed by atoms with Gasteiger partial charge in [-0.25, -0.2) is 0 Å². The summed E-state index contributed by atoms with van der Waals surface area (Å²) in [4.78, 5) is 16.0. The molecule has 1 saturated heterocycles. The first-order valence-corrected chi connectivity index (χ1v) is 9.75. The maximum Gasteiger partial charge on any atom is 0.220 e. The normalized spacial score (nSPS) is 18.4. The Kier molecular flexibility index (Phi) is 6.44. The number of likely N-dealkylation sites (tertiary alicyclic amines) is 1. The number of rotatable bonds is 7. The molecule has 2 aromatic rings. The number of hydrogen-bond donors (Lipinski definition) is 1. The molecule has 0 radical (unpaired) electrons. The highest BCUT2D eigenvalue weighted by atomic mass is 32.1. The lowest BCUT2D eigenvalue weighted by atomic mass is 10.0. The molecule has 0 saturated carbocycles. The number of benzene rings is 1. The van der Waals surface area contributed by atoms with Gasteiger partial charge in [0.05, 0.1) is 0 Å². The monoisotopic (exact) mass is 342 g/mol. The zero-order chi connectivity index (χ0) is 16.6. The van der Waals surface area contributed by atoms with E-state index in [1.54, 1.807) is 11.3 Å². The molecule has 1 N–H and O–H groups in total. The Hall–Kier alpha value is -1.65. The molecule has 1 fully saturated rings. The van der Waals surface area contributed by atoms with Crippen molar-refractivity contribution >= 4 is 17.2 Å². The third kappa shape index (κ3) is 5.46. The predicted octanol–water partition coefficient (Wildman–Crippen LogP) is 3.85. The molecule has 1 aromatic carbocycles. The van der Waals surface area contributed by atoms with Gasteiger partial charge in [-0.2, -0.15) is 0 Å². The second-order valence-electron chi connectivity index (χ2n) is 6.56. The summed E-state index contributed by atoms with van der Waals surface area (Å²) in [6.07, 6.45) is 4.84. The van der Waals surface area contributed by atoms with E-state index in [1.807, 2.05) is 0 Å². The van der Waals surface area contributed by atoms with Crippen molar-refractivity contribution in [2.24, 2.45) is 0 Å². The molecule has 1 aliphatic heterocycles. The summed E-state index contributed by atoms with van der Waals surface area (Å²) in [5.41, 5.74) is 1.35. The molecule has 3 rings (SSSR count). The van der Waals surface area contributed by atoms with E-state index in [0.717, 1.165) is 45.3 Å². The first-order chi connectivity index (χ1) is 11.8. The zero-order valence-electron chi connectivity index (χ0n) is 14.1. The Balaban J connectivity index is 1.39. The average molecular weight is 343 g/mol. The summed E-state index contributed by atoms with van der Waals surface area (Å²) in [5.74, 6) is 0.207. The van der Waals surface area contributed by atoms with Crippen LogP contribution in [0.15, 0.2) is 47.8 Å². The molecule has 4 heteroatoms. The summed E-state index contributed by atoms with van der Waals surface area (Å²) in [7, 11) is 0. The molecule has 3 nitrogen and oxygen atoms in total. The molecule has 1 aliphatic rings. The first kappa shape index (κ1) is 17.2. The van der Waals surface area contributed by atoms with Crippen LogP contribution in [0.1, 0.15) is 36.1 Å². The van der Waals surface area contributed by atoms with Crippen molar-refractivity contribution in [3.8, 4) is 0 Å². The second kappa shape index (κ2) is 9.00. The molecular weight excluding hydrogens is 316 g/mol. The number of nitrogens with zero attached hydrogens (tertiary/aromatic N) is 1. The van der Waals surface area contributed by atoms with E-state index < -0.39 is 0 Å². The van der Waals surface area contributed by atoms with Crippen molar-refractivity contribution < 1.29 is 4.79 Å². The minimum Gasteiger partial charge on any atom is -0.352 e. The van der Waals surface area contributed by atoms with Gasteiger partial charge in [0.2, 0.25) is 5.91 Å². The SMILES string of the molecule is O=C(CCCc1cccs1)N[C@@H]1CCCN(Cc2ccccc2)C1. The Labute approximate surface area is 148 Å². The summed E-state index contributed by atoms with van der Waals surface area (Å²) in [6.45, 7) is 3.07. The van der Waals surface area contributed by atoms with E-state index in [-0.39, 0.29) is 5.91 Å². The van der Waals surface area contributed by atoms with E-state index in [1.165, 1.54) is 10.4 Å². The maximum absolute atomic E-state index is 12.2. The number of hydrogen-bond acceptors (Lipinski definition) is 3. The van der Waals surface area contributed by atoms with Crippen LogP contribution in [0.25, 0.3) is 0 Å². The molecule has 1 atom stereocenters. The van der Waals surface area contributed by atoms with Crippen LogP contribution in [0, 0.1) is 0 Å². The number of aryl methyl sites for hydroxylation is 1. The predicted molar refractivity (Wildman–Crippen MR) is 100 cm³/mol. The van der Waals surface area contributed by atoms with E-state index in [0.29, 0.717) is 12.5 Å². The van der Waals surface area contributed by atoms with Crippen LogP contribution in [0.2, 0.25) is 0 Å². The quantitative estimate of drug-likeness (QED) is 0.829. The molecule has 1 aromatic heterocycles. The van der Waals surface area contributed by atoms with Crippen molar-refractivity contribution in [3.63, 3.8) is 0 Å². The summed E-state index contributed by atoms with van der Waals surface area (Å²) < 4.78 is 0. The lowest BCUT2D eigenvalue weighted by Gasteiger charge is -2.33. The van der Waals surface area contributed by atoms with E-state index in [4.69, 9.17) is 0 Å². The van der Waals surface area contributed by atoms with Crippen LogP contribution in [0.4, 0.5) is 0 Å². The largest absolute Gasteiger partial charge is 0.352 e. The van der Waals surface area contributed by atoms with Crippen molar-refractivity contribution in [2.45, 2.75) is 44.7 Å². The van der Waals surface area contributed by atoms with Crippen LogP contribution in [-0.2, 0) is 17.8 Å². The van der Waals surface area contributed by atoms with Gasteiger partial charge in [-0.1, -0.05) is 36.4 Å². The highest BCUT2D eigenvalue weighted by Gasteiger charge is 2.21. The van der Waals surface area contributed by atoms with E-state index >= 15 is 0 Å². The summed E-state index contributed by atoms with van der Waals surface area (Å²) in [6, 6.07) is 15.1. The fourth-order valence-electron chi connectivity index (χ4n) is 3.34. The zero-order valence-corrected chi connectivity index (χ0v) is 14.9. The fraction of sp³-hybridized carbons (Fsp3) is 0.450. The standard InChI is InChI=1S/C20H26N2OS/c23-20(12-4-10-19-11-6-14-24-19)21-18-9-5-13-22(16-18)15-17-7-2-1-3-8-17/h1-3,6-8,11,14,18H,4-5,9-10,12-13,15-16H2,(H,21,23)/t18-/m1/s1. The third-order valence-electron chi connectivity index (χ3n) is 4.53. The van der Waals surface area contributed by atoms with Gasteiger partial charge in [-0.05, 0) is 49.2 Å². The topological polar surface area (TPSA) is 32.3 Å². The smallest absolute Gasteiger partial charge is 0.220 e. The third-order valence-corrected chi connectivity index (χ3v) is 5.46. The first-order valence-electron chi connectivity index (χ1n) is 8.87. The molecule has 2 heterocycles. The number of amides is 1. The van der Waals surface area contributed by atoms with Gasteiger partial charge in [0.15, 0.2) is 0 Å². The Morgan fingerprint density at radius 2 is 2.08 bits per heavy atom. The molecule has 0 aliphatic carbocycles. The maximum atomic E-state index is 12.2.